The Morgan fingerprint density at radius 3 is 2.60 bits per heavy atom. The lowest BCUT2D eigenvalue weighted by Crippen LogP contribution is -2.44. The molecule has 1 saturated carbocycles. The van der Waals surface area contributed by atoms with Crippen LogP contribution < -0.4 is 5.32 Å². The maximum Gasteiger partial charge on any atom is 0.0771 e. The Hall–Kier alpha value is -0.120. The molecule has 1 aliphatic carbocycles. The zero-order valence-corrected chi connectivity index (χ0v) is 10.1. The van der Waals surface area contributed by atoms with E-state index in [0.717, 1.165) is 38.8 Å². The van der Waals surface area contributed by atoms with Gasteiger partial charge in [-0.2, -0.15) is 0 Å². The Balaban J connectivity index is 2.25. The minimum Gasteiger partial charge on any atom is -0.389 e. The molecule has 0 aromatic heterocycles. The molecule has 1 rings (SSSR count). The maximum atomic E-state index is 10.2. The average Bonchev–Trinajstić information content (AvgIpc) is 2.63. The highest BCUT2D eigenvalue weighted by atomic mass is 16.5. The lowest BCUT2D eigenvalue weighted by atomic mass is 10.0. The summed E-state index contributed by atoms with van der Waals surface area (Å²) < 4.78 is 5.16. The van der Waals surface area contributed by atoms with E-state index in [1.807, 2.05) is 0 Å². The van der Waals surface area contributed by atoms with E-state index in [1.165, 1.54) is 12.8 Å². The molecule has 15 heavy (non-hydrogen) atoms. The number of aliphatic hydroxyl groups is 1. The average molecular weight is 215 g/mol. The minimum absolute atomic E-state index is 0.393. The van der Waals surface area contributed by atoms with Crippen LogP contribution in [0.1, 0.15) is 45.4 Å². The number of rotatable bonds is 7. The van der Waals surface area contributed by atoms with Crippen LogP contribution in [0.3, 0.4) is 0 Å². The van der Waals surface area contributed by atoms with Crippen LogP contribution in [0.5, 0.6) is 0 Å². The van der Waals surface area contributed by atoms with Crippen molar-refractivity contribution in [2.45, 2.75) is 57.1 Å². The molecule has 0 bridgehead atoms. The van der Waals surface area contributed by atoms with Gasteiger partial charge in [0, 0.05) is 19.7 Å². The summed E-state index contributed by atoms with van der Waals surface area (Å²) in [6.07, 6.45) is 6.50. The number of nitrogens with one attached hydrogen (secondary N) is 1. The van der Waals surface area contributed by atoms with Crippen LogP contribution in [0.2, 0.25) is 0 Å². The Morgan fingerprint density at radius 1 is 1.40 bits per heavy atom. The van der Waals surface area contributed by atoms with E-state index < -0.39 is 5.60 Å². The van der Waals surface area contributed by atoms with Crippen molar-refractivity contribution in [3.8, 4) is 0 Å². The summed E-state index contributed by atoms with van der Waals surface area (Å²) in [6, 6.07) is 0.393. The molecular formula is C12H25NO2. The van der Waals surface area contributed by atoms with E-state index in [9.17, 15) is 5.11 Å². The molecule has 90 valence electrons. The smallest absolute Gasteiger partial charge is 0.0771 e. The summed E-state index contributed by atoms with van der Waals surface area (Å²) >= 11 is 0. The molecule has 1 unspecified atom stereocenters. The van der Waals surface area contributed by atoms with Gasteiger partial charge in [0.25, 0.3) is 0 Å². The number of hydrogen-bond acceptors (Lipinski definition) is 3. The fraction of sp³-hybridized carbons (Fsp3) is 1.00. The molecule has 0 saturated heterocycles. The van der Waals surface area contributed by atoms with E-state index >= 15 is 0 Å². The highest BCUT2D eigenvalue weighted by Gasteiger charge is 2.31. The highest BCUT2D eigenvalue weighted by Crippen LogP contribution is 2.28. The summed E-state index contributed by atoms with van der Waals surface area (Å²) in [7, 11) is 1.73. The van der Waals surface area contributed by atoms with Crippen LogP contribution in [0.4, 0.5) is 0 Å². The maximum absolute atomic E-state index is 10.2. The molecule has 3 heteroatoms. The predicted octanol–water partition coefficient (Wildman–Crippen LogP) is 1.70. The van der Waals surface area contributed by atoms with Crippen molar-refractivity contribution in [3.63, 3.8) is 0 Å². The predicted molar refractivity (Wildman–Crippen MR) is 62.0 cm³/mol. The Bertz CT molecular complexity index is 161. The molecule has 1 fully saturated rings. The molecule has 3 nitrogen and oxygen atoms in total. The van der Waals surface area contributed by atoms with Crippen molar-refractivity contribution in [2.75, 3.05) is 20.3 Å². The fourth-order valence-corrected chi connectivity index (χ4v) is 2.34. The third-order valence-corrected chi connectivity index (χ3v) is 3.26. The van der Waals surface area contributed by atoms with E-state index in [0.29, 0.717) is 6.04 Å². The molecular weight excluding hydrogens is 190 g/mol. The van der Waals surface area contributed by atoms with E-state index in [1.54, 1.807) is 7.11 Å². The van der Waals surface area contributed by atoms with Crippen LogP contribution >= 0.6 is 0 Å². The summed E-state index contributed by atoms with van der Waals surface area (Å²) in [4.78, 5) is 0. The first-order valence-electron chi connectivity index (χ1n) is 6.15. The first-order chi connectivity index (χ1) is 7.20. The molecule has 1 aliphatic rings. The molecule has 0 aromatic rings. The summed E-state index contributed by atoms with van der Waals surface area (Å²) in [6.45, 7) is 3.64. The largest absolute Gasteiger partial charge is 0.389 e. The SMILES string of the molecule is CCCC(COC)NCC1(O)CCCC1. The third kappa shape index (κ3) is 4.49. The van der Waals surface area contributed by atoms with Gasteiger partial charge in [0.1, 0.15) is 0 Å². The number of methoxy groups -OCH3 is 1. The highest BCUT2D eigenvalue weighted by molar-refractivity contribution is 4.87. The first-order valence-corrected chi connectivity index (χ1v) is 6.15. The molecule has 0 aromatic carbocycles. The quantitative estimate of drug-likeness (QED) is 0.679. The van der Waals surface area contributed by atoms with Crippen molar-refractivity contribution in [3.05, 3.63) is 0 Å². The molecule has 1 atom stereocenters. The van der Waals surface area contributed by atoms with E-state index in [2.05, 4.69) is 12.2 Å². The van der Waals surface area contributed by atoms with Crippen LogP contribution in [0.25, 0.3) is 0 Å². The Kier molecular flexibility index (Phi) is 5.58. The topological polar surface area (TPSA) is 41.5 Å². The van der Waals surface area contributed by atoms with Gasteiger partial charge in [0.05, 0.1) is 12.2 Å². The van der Waals surface area contributed by atoms with Crippen molar-refractivity contribution >= 4 is 0 Å². The molecule has 0 spiro atoms. The second kappa shape index (κ2) is 6.46. The molecule has 0 heterocycles. The van der Waals surface area contributed by atoms with Gasteiger partial charge in [0.15, 0.2) is 0 Å². The molecule has 0 aliphatic heterocycles. The lowest BCUT2D eigenvalue weighted by Gasteiger charge is -2.26. The van der Waals surface area contributed by atoms with Crippen LogP contribution in [0, 0.1) is 0 Å². The van der Waals surface area contributed by atoms with Gasteiger partial charge in [-0.3, -0.25) is 0 Å². The van der Waals surface area contributed by atoms with Gasteiger partial charge >= 0.3 is 0 Å². The van der Waals surface area contributed by atoms with Crippen LogP contribution in [-0.4, -0.2) is 37.0 Å². The van der Waals surface area contributed by atoms with E-state index in [4.69, 9.17) is 4.74 Å². The Labute approximate surface area is 93.2 Å². The Morgan fingerprint density at radius 2 is 2.07 bits per heavy atom. The van der Waals surface area contributed by atoms with Crippen molar-refractivity contribution in [1.29, 1.82) is 0 Å². The first kappa shape index (κ1) is 12.9. The molecule has 0 radical (unpaired) electrons. The second-order valence-electron chi connectivity index (χ2n) is 4.75. The van der Waals surface area contributed by atoms with E-state index in [-0.39, 0.29) is 0 Å². The van der Waals surface area contributed by atoms with Gasteiger partial charge < -0.3 is 15.2 Å². The summed E-state index contributed by atoms with van der Waals surface area (Å²) in [5.74, 6) is 0. The second-order valence-corrected chi connectivity index (χ2v) is 4.75. The molecule has 2 N–H and O–H groups in total. The van der Waals surface area contributed by atoms with Gasteiger partial charge in [-0.1, -0.05) is 26.2 Å². The summed E-state index contributed by atoms with van der Waals surface area (Å²) in [5.41, 5.74) is -0.445. The number of ether oxygens (including phenoxy) is 1. The normalized spacial score (nSPS) is 21.8. The van der Waals surface area contributed by atoms with Gasteiger partial charge in [-0.25, -0.2) is 0 Å². The minimum atomic E-state index is -0.445. The standard InChI is InChI=1S/C12H25NO2/c1-3-6-11(9-15-2)13-10-12(14)7-4-5-8-12/h11,13-14H,3-10H2,1-2H3. The van der Waals surface area contributed by atoms with Gasteiger partial charge in [-0.15, -0.1) is 0 Å². The fourth-order valence-electron chi connectivity index (χ4n) is 2.34. The monoisotopic (exact) mass is 215 g/mol. The van der Waals surface area contributed by atoms with Crippen LogP contribution in [0.15, 0.2) is 0 Å². The van der Waals surface area contributed by atoms with Gasteiger partial charge in [0.2, 0.25) is 0 Å². The lowest BCUT2D eigenvalue weighted by molar-refractivity contribution is 0.0400. The molecule has 0 amide bonds. The van der Waals surface area contributed by atoms with Gasteiger partial charge in [-0.05, 0) is 19.3 Å². The van der Waals surface area contributed by atoms with Crippen LogP contribution in [-0.2, 0) is 4.74 Å². The zero-order chi connectivity index (χ0) is 11.1. The number of hydrogen-bond donors (Lipinski definition) is 2. The van der Waals surface area contributed by atoms with Crippen molar-refractivity contribution in [1.82, 2.24) is 5.32 Å². The zero-order valence-electron chi connectivity index (χ0n) is 10.1. The summed E-state index contributed by atoms with van der Waals surface area (Å²) in [5, 5.41) is 13.6. The van der Waals surface area contributed by atoms with Crippen molar-refractivity contribution in [2.24, 2.45) is 0 Å². The van der Waals surface area contributed by atoms with Crippen molar-refractivity contribution < 1.29 is 9.84 Å². The third-order valence-electron chi connectivity index (χ3n) is 3.26.